The average molecular weight is 343 g/mol. The highest BCUT2D eigenvalue weighted by atomic mass is 16.3. The Morgan fingerprint density at radius 2 is 1.88 bits per heavy atom. The number of phenolic OH excluding ortho intramolecular Hbond substituents is 1. The van der Waals surface area contributed by atoms with E-state index in [1.54, 1.807) is 24.7 Å². The summed E-state index contributed by atoms with van der Waals surface area (Å²) in [4.78, 5) is 19.8. The minimum absolute atomic E-state index is 0.0753. The second-order valence-electron chi connectivity index (χ2n) is 6.00. The van der Waals surface area contributed by atoms with Crippen LogP contribution in [0.2, 0.25) is 0 Å². The summed E-state index contributed by atoms with van der Waals surface area (Å²) in [6, 6.07) is 18.2. The van der Waals surface area contributed by atoms with Crippen molar-refractivity contribution >= 4 is 16.8 Å². The van der Waals surface area contributed by atoms with Crippen LogP contribution < -0.4 is 5.32 Å². The number of pyridine rings is 1. The van der Waals surface area contributed by atoms with Gasteiger partial charge in [-0.1, -0.05) is 48.5 Å². The molecule has 3 N–H and O–H groups in total. The Morgan fingerprint density at radius 1 is 1.04 bits per heavy atom. The van der Waals surface area contributed by atoms with Crippen LogP contribution in [0.5, 0.6) is 5.75 Å². The molecule has 5 nitrogen and oxygen atoms in total. The fraction of sp³-hybridized carbons (Fsp3) is 0.0476. The summed E-state index contributed by atoms with van der Waals surface area (Å²) in [6.45, 7) is 0. The van der Waals surface area contributed by atoms with E-state index in [9.17, 15) is 9.90 Å². The van der Waals surface area contributed by atoms with E-state index < -0.39 is 6.04 Å². The highest BCUT2D eigenvalue weighted by Gasteiger charge is 2.22. The number of rotatable bonds is 4. The molecule has 0 aliphatic rings. The van der Waals surface area contributed by atoms with Crippen LogP contribution in [-0.2, 0) is 0 Å². The number of amides is 1. The molecule has 2 aromatic carbocycles. The number of aromatic amines is 1. The fourth-order valence-electron chi connectivity index (χ4n) is 3.04. The van der Waals surface area contributed by atoms with Crippen molar-refractivity contribution in [1.29, 1.82) is 0 Å². The number of benzene rings is 2. The van der Waals surface area contributed by atoms with Crippen LogP contribution in [-0.4, -0.2) is 21.0 Å². The summed E-state index contributed by atoms with van der Waals surface area (Å²) in [5, 5.41) is 14.7. The van der Waals surface area contributed by atoms with E-state index in [4.69, 9.17) is 0 Å². The van der Waals surface area contributed by atoms with E-state index in [-0.39, 0.29) is 11.7 Å². The number of phenols is 1. The number of hydrogen-bond donors (Lipinski definition) is 3. The molecular weight excluding hydrogens is 326 g/mol. The minimum Gasteiger partial charge on any atom is -0.505 e. The number of aromatic nitrogens is 2. The summed E-state index contributed by atoms with van der Waals surface area (Å²) < 4.78 is 0. The van der Waals surface area contributed by atoms with Crippen molar-refractivity contribution in [2.24, 2.45) is 0 Å². The van der Waals surface area contributed by atoms with Crippen molar-refractivity contribution in [1.82, 2.24) is 15.3 Å². The predicted octanol–water partition coefficient (Wildman–Crippen LogP) is 3.79. The first-order valence-corrected chi connectivity index (χ1v) is 8.29. The number of nitrogens with one attached hydrogen (secondary N) is 2. The normalized spacial score (nSPS) is 12.0. The maximum absolute atomic E-state index is 12.6. The average Bonchev–Trinajstić information content (AvgIpc) is 3.23. The van der Waals surface area contributed by atoms with Gasteiger partial charge in [0.25, 0.3) is 5.91 Å². The van der Waals surface area contributed by atoms with Gasteiger partial charge in [0.05, 0.1) is 11.6 Å². The number of carbonyl (C=O) groups is 1. The van der Waals surface area contributed by atoms with Gasteiger partial charge < -0.3 is 15.4 Å². The van der Waals surface area contributed by atoms with E-state index in [1.165, 1.54) is 0 Å². The molecule has 0 saturated heterocycles. The molecular formula is C21H17N3O2. The molecule has 2 aromatic heterocycles. The molecule has 1 atom stereocenters. The molecule has 2 heterocycles. The van der Waals surface area contributed by atoms with Crippen LogP contribution in [0.15, 0.2) is 79.3 Å². The Morgan fingerprint density at radius 3 is 2.65 bits per heavy atom. The van der Waals surface area contributed by atoms with E-state index >= 15 is 0 Å². The second kappa shape index (κ2) is 6.72. The maximum atomic E-state index is 12.6. The molecule has 5 heteroatoms. The molecule has 4 aromatic rings. The Bertz CT molecular complexity index is 1040. The van der Waals surface area contributed by atoms with E-state index in [2.05, 4.69) is 15.3 Å². The number of H-pyrrole nitrogens is 1. The van der Waals surface area contributed by atoms with Crippen LogP contribution in [0.3, 0.4) is 0 Å². The molecule has 4 rings (SSSR count). The predicted molar refractivity (Wildman–Crippen MR) is 100.0 cm³/mol. The first-order chi connectivity index (χ1) is 12.7. The van der Waals surface area contributed by atoms with E-state index in [0.29, 0.717) is 16.6 Å². The van der Waals surface area contributed by atoms with Crippen LogP contribution in [0.25, 0.3) is 10.9 Å². The molecule has 1 unspecified atom stereocenters. The number of carbonyl (C=O) groups excluding carboxylic acids is 1. The molecule has 26 heavy (non-hydrogen) atoms. The number of hydrogen-bond acceptors (Lipinski definition) is 3. The van der Waals surface area contributed by atoms with Gasteiger partial charge in [-0.15, -0.1) is 0 Å². The third-order valence-corrected chi connectivity index (χ3v) is 4.36. The minimum atomic E-state index is -0.495. The molecule has 0 aliphatic carbocycles. The summed E-state index contributed by atoms with van der Waals surface area (Å²) in [5.41, 5.74) is 2.53. The molecule has 0 saturated carbocycles. The number of nitrogens with zero attached hydrogens (tertiary/aromatic N) is 1. The molecule has 0 spiro atoms. The van der Waals surface area contributed by atoms with Gasteiger partial charge in [0, 0.05) is 29.5 Å². The van der Waals surface area contributed by atoms with Crippen molar-refractivity contribution in [3.05, 3.63) is 95.9 Å². The van der Waals surface area contributed by atoms with Gasteiger partial charge in [0.1, 0.15) is 11.3 Å². The second-order valence-corrected chi connectivity index (χ2v) is 6.00. The van der Waals surface area contributed by atoms with Crippen molar-refractivity contribution < 1.29 is 9.90 Å². The zero-order valence-electron chi connectivity index (χ0n) is 13.9. The van der Waals surface area contributed by atoms with Gasteiger partial charge in [-0.05, 0) is 17.7 Å². The van der Waals surface area contributed by atoms with Crippen LogP contribution in [0, 0.1) is 0 Å². The first-order valence-electron chi connectivity index (χ1n) is 8.29. The quantitative estimate of drug-likeness (QED) is 0.527. The van der Waals surface area contributed by atoms with Gasteiger partial charge in [0.15, 0.2) is 0 Å². The Hall–Kier alpha value is -3.60. The van der Waals surface area contributed by atoms with Gasteiger partial charge in [-0.2, -0.15) is 0 Å². The monoisotopic (exact) mass is 343 g/mol. The van der Waals surface area contributed by atoms with Crippen LogP contribution in [0.1, 0.15) is 27.5 Å². The molecule has 0 aliphatic heterocycles. The van der Waals surface area contributed by atoms with E-state index in [1.807, 2.05) is 54.6 Å². The molecule has 1 amide bonds. The molecule has 128 valence electrons. The van der Waals surface area contributed by atoms with Crippen molar-refractivity contribution in [2.75, 3.05) is 0 Å². The lowest BCUT2D eigenvalue weighted by Crippen LogP contribution is -2.29. The highest BCUT2D eigenvalue weighted by Crippen LogP contribution is 2.34. The van der Waals surface area contributed by atoms with Gasteiger partial charge in [-0.3, -0.25) is 9.78 Å². The van der Waals surface area contributed by atoms with Gasteiger partial charge in [-0.25, -0.2) is 0 Å². The largest absolute Gasteiger partial charge is 0.505 e. The number of fused-ring (bicyclic) bond motifs is 1. The van der Waals surface area contributed by atoms with E-state index in [0.717, 1.165) is 10.9 Å². The first kappa shape index (κ1) is 15.9. The summed E-state index contributed by atoms with van der Waals surface area (Å²) >= 11 is 0. The van der Waals surface area contributed by atoms with Crippen LogP contribution in [0.4, 0.5) is 0 Å². The SMILES string of the molecule is O=C(NC(c1ccccc1)c1ccc2cccnc2c1O)c1cc[nH]c1. The smallest absolute Gasteiger partial charge is 0.253 e. The van der Waals surface area contributed by atoms with Crippen LogP contribution >= 0.6 is 0 Å². The number of aromatic hydroxyl groups is 1. The molecule has 0 radical (unpaired) electrons. The maximum Gasteiger partial charge on any atom is 0.253 e. The van der Waals surface area contributed by atoms with Crippen molar-refractivity contribution in [2.45, 2.75) is 6.04 Å². The van der Waals surface area contributed by atoms with Gasteiger partial charge in [0.2, 0.25) is 0 Å². The lowest BCUT2D eigenvalue weighted by Gasteiger charge is -2.21. The zero-order chi connectivity index (χ0) is 17.9. The van der Waals surface area contributed by atoms with Gasteiger partial charge >= 0.3 is 0 Å². The third-order valence-electron chi connectivity index (χ3n) is 4.36. The molecule has 0 bridgehead atoms. The Balaban J connectivity index is 1.81. The zero-order valence-corrected chi connectivity index (χ0v) is 13.9. The molecule has 0 fully saturated rings. The van der Waals surface area contributed by atoms with Crippen molar-refractivity contribution in [3.63, 3.8) is 0 Å². The highest BCUT2D eigenvalue weighted by molar-refractivity contribution is 5.95. The summed E-state index contributed by atoms with van der Waals surface area (Å²) in [7, 11) is 0. The standard InChI is InChI=1S/C21H17N3O2/c25-20-17(9-8-15-7-4-11-23-19(15)20)18(14-5-2-1-3-6-14)24-21(26)16-10-12-22-13-16/h1-13,18,22,25H,(H,24,26). The Labute approximate surface area is 150 Å². The lowest BCUT2D eigenvalue weighted by atomic mass is 9.96. The van der Waals surface area contributed by atoms with Crippen molar-refractivity contribution in [3.8, 4) is 5.75 Å². The lowest BCUT2D eigenvalue weighted by molar-refractivity contribution is 0.0943. The fourth-order valence-corrected chi connectivity index (χ4v) is 3.04. The summed E-state index contributed by atoms with van der Waals surface area (Å²) in [5.74, 6) is -0.146. The summed E-state index contributed by atoms with van der Waals surface area (Å²) in [6.07, 6.45) is 4.98. The topological polar surface area (TPSA) is 78.0 Å². The third kappa shape index (κ3) is 2.91. The Kier molecular flexibility index (Phi) is 4.11.